The number of carboxylic acid groups (broad SMARTS) is 1. The molecule has 0 amide bonds. The molecule has 5 rings (SSSR count). The predicted octanol–water partition coefficient (Wildman–Crippen LogP) is 2.25. The molecule has 0 aliphatic carbocycles. The van der Waals surface area contributed by atoms with Gasteiger partial charge in [-0.15, -0.1) is 0 Å². The SMILES string of the molecule is CC[C@H]1COc2c(N3CC[C@@H](Nc4ncccn4)C3)c(F)c(N)c3c(=O)c(C(=O)O)cn1c23. The van der Waals surface area contributed by atoms with Crippen molar-refractivity contribution in [3.05, 3.63) is 46.3 Å². The summed E-state index contributed by atoms with van der Waals surface area (Å²) < 4.78 is 23.3. The molecular weight excluding hydrogens is 431 g/mol. The largest absolute Gasteiger partial charge is 0.487 e. The second kappa shape index (κ2) is 7.91. The van der Waals surface area contributed by atoms with Crippen LogP contribution in [0.4, 0.5) is 21.7 Å². The molecule has 0 radical (unpaired) electrons. The number of benzene rings is 1. The van der Waals surface area contributed by atoms with Crippen LogP contribution in [-0.2, 0) is 0 Å². The molecule has 4 heterocycles. The van der Waals surface area contributed by atoms with Crippen LogP contribution in [0.25, 0.3) is 10.9 Å². The van der Waals surface area contributed by atoms with Gasteiger partial charge in [-0.05, 0) is 18.9 Å². The van der Waals surface area contributed by atoms with Gasteiger partial charge < -0.3 is 30.4 Å². The fourth-order valence-corrected chi connectivity index (χ4v) is 4.63. The Kier molecular flexibility index (Phi) is 5.03. The van der Waals surface area contributed by atoms with Crippen LogP contribution < -0.4 is 26.1 Å². The van der Waals surface area contributed by atoms with Gasteiger partial charge in [0.05, 0.1) is 22.6 Å². The molecule has 33 heavy (non-hydrogen) atoms. The van der Waals surface area contributed by atoms with Gasteiger partial charge >= 0.3 is 5.97 Å². The van der Waals surface area contributed by atoms with Gasteiger partial charge in [-0.1, -0.05) is 6.92 Å². The molecule has 2 aromatic heterocycles. The van der Waals surface area contributed by atoms with Crippen molar-refractivity contribution in [2.75, 3.05) is 35.6 Å². The lowest BCUT2D eigenvalue weighted by molar-refractivity contribution is 0.0694. The zero-order valence-electron chi connectivity index (χ0n) is 17.9. The van der Waals surface area contributed by atoms with Crippen LogP contribution in [0, 0.1) is 5.82 Å². The van der Waals surface area contributed by atoms with Gasteiger partial charge in [-0.3, -0.25) is 4.79 Å². The highest BCUT2D eigenvalue weighted by molar-refractivity contribution is 6.03. The second-order valence-electron chi connectivity index (χ2n) is 8.23. The molecule has 4 N–H and O–H groups in total. The van der Waals surface area contributed by atoms with Crippen molar-refractivity contribution in [2.45, 2.75) is 31.8 Å². The third-order valence-corrected chi connectivity index (χ3v) is 6.30. The lowest BCUT2D eigenvalue weighted by atomic mass is 10.0. The van der Waals surface area contributed by atoms with Crippen molar-refractivity contribution in [3.63, 3.8) is 0 Å². The van der Waals surface area contributed by atoms with Gasteiger partial charge in [-0.25, -0.2) is 19.2 Å². The number of nitrogens with one attached hydrogen (secondary N) is 1. The summed E-state index contributed by atoms with van der Waals surface area (Å²) in [6, 6.07) is 1.49. The van der Waals surface area contributed by atoms with Crippen LogP contribution in [0.15, 0.2) is 29.5 Å². The highest BCUT2D eigenvalue weighted by Crippen LogP contribution is 2.46. The van der Waals surface area contributed by atoms with Crippen LogP contribution >= 0.6 is 0 Å². The molecule has 0 saturated carbocycles. The smallest absolute Gasteiger partial charge is 0.341 e. The van der Waals surface area contributed by atoms with Gasteiger partial charge in [-0.2, -0.15) is 0 Å². The molecule has 1 aromatic carbocycles. The maximum atomic E-state index is 15.6. The highest BCUT2D eigenvalue weighted by atomic mass is 19.1. The van der Waals surface area contributed by atoms with Gasteiger partial charge in [0.1, 0.15) is 17.9 Å². The molecule has 3 aromatic rings. The number of pyridine rings is 1. The monoisotopic (exact) mass is 454 g/mol. The van der Waals surface area contributed by atoms with E-state index < -0.39 is 22.8 Å². The lowest BCUT2D eigenvalue weighted by Gasteiger charge is -2.33. The summed E-state index contributed by atoms with van der Waals surface area (Å²) in [5, 5.41) is 12.6. The van der Waals surface area contributed by atoms with E-state index in [4.69, 9.17) is 10.5 Å². The van der Waals surface area contributed by atoms with Crippen molar-refractivity contribution in [1.82, 2.24) is 14.5 Å². The number of rotatable bonds is 5. The average molecular weight is 454 g/mol. The van der Waals surface area contributed by atoms with E-state index in [-0.39, 0.29) is 41.2 Å². The molecule has 2 aliphatic heterocycles. The summed E-state index contributed by atoms with van der Waals surface area (Å²) in [6.07, 6.45) is 5.93. The van der Waals surface area contributed by atoms with E-state index in [1.54, 1.807) is 23.0 Å². The minimum Gasteiger partial charge on any atom is -0.487 e. The maximum absolute atomic E-state index is 15.6. The standard InChI is InChI=1S/C22H23FN6O4/c1-2-12-10-33-20-17-14(19(30)13(21(31)32)9-29(12)17)16(24)15(23)18(20)28-7-4-11(8-28)27-22-25-5-3-6-26-22/h3,5-6,9,11-12H,2,4,7-8,10,24H2,1H3,(H,31,32)(H,25,26,27)/t11-,12+/m1/s1. The fourth-order valence-electron chi connectivity index (χ4n) is 4.63. The number of hydrogen-bond donors (Lipinski definition) is 3. The van der Waals surface area contributed by atoms with Crippen LogP contribution in [0.5, 0.6) is 5.75 Å². The Balaban J connectivity index is 1.64. The average Bonchev–Trinajstić information content (AvgIpc) is 3.26. The first-order chi connectivity index (χ1) is 15.9. The van der Waals surface area contributed by atoms with Gasteiger partial charge in [0.15, 0.2) is 11.6 Å². The van der Waals surface area contributed by atoms with Crippen LogP contribution in [0.3, 0.4) is 0 Å². The van der Waals surface area contributed by atoms with Crippen molar-refractivity contribution in [1.29, 1.82) is 0 Å². The maximum Gasteiger partial charge on any atom is 0.341 e. The number of aromatic nitrogens is 3. The Morgan fingerprint density at radius 3 is 2.85 bits per heavy atom. The van der Waals surface area contributed by atoms with E-state index in [0.29, 0.717) is 37.4 Å². The van der Waals surface area contributed by atoms with E-state index in [1.165, 1.54) is 6.20 Å². The Labute approximate surface area is 187 Å². The van der Waals surface area contributed by atoms with E-state index in [1.807, 2.05) is 11.8 Å². The van der Waals surface area contributed by atoms with Crippen LogP contribution in [-0.4, -0.2) is 51.3 Å². The lowest BCUT2D eigenvalue weighted by Crippen LogP contribution is -2.32. The summed E-state index contributed by atoms with van der Waals surface area (Å²) in [4.78, 5) is 34.8. The number of ether oxygens (including phenoxy) is 1. The van der Waals surface area contributed by atoms with Crippen molar-refractivity contribution in [2.24, 2.45) is 0 Å². The molecule has 0 bridgehead atoms. The van der Waals surface area contributed by atoms with E-state index in [9.17, 15) is 14.7 Å². The number of nitrogen functional groups attached to an aromatic ring is 1. The molecule has 1 saturated heterocycles. The number of carboxylic acids is 1. The first-order valence-corrected chi connectivity index (χ1v) is 10.7. The Morgan fingerprint density at radius 1 is 1.39 bits per heavy atom. The third-order valence-electron chi connectivity index (χ3n) is 6.30. The number of halogens is 1. The molecule has 11 heteroatoms. The second-order valence-corrected chi connectivity index (χ2v) is 8.23. The number of anilines is 3. The molecule has 10 nitrogen and oxygen atoms in total. The van der Waals surface area contributed by atoms with Crippen LogP contribution in [0.1, 0.15) is 36.2 Å². The van der Waals surface area contributed by atoms with Crippen molar-refractivity contribution < 1.29 is 19.0 Å². The van der Waals surface area contributed by atoms with Crippen LogP contribution in [0.2, 0.25) is 0 Å². The minimum atomic E-state index is -1.38. The Hall–Kier alpha value is -3.89. The molecule has 0 spiro atoms. The summed E-state index contributed by atoms with van der Waals surface area (Å²) >= 11 is 0. The first-order valence-electron chi connectivity index (χ1n) is 10.7. The van der Waals surface area contributed by atoms with E-state index in [0.717, 1.165) is 0 Å². The zero-order valence-corrected chi connectivity index (χ0v) is 17.9. The molecule has 1 fully saturated rings. The molecule has 2 atom stereocenters. The molecule has 2 aliphatic rings. The van der Waals surface area contributed by atoms with Gasteiger partial charge in [0.2, 0.25) is 11.4 Å². The third kappa shape index (κ3) is 3.31. The van der Waals surface area contributed by atoms with Crippen molar-refractivity contribution >= 4 is 34.2 Å². The zero-order chi connectivity index (χ0) is 23.3. The van der Waals surface area contributed by atoms with Gasteiger partial charge in [0.25, 0.3) is 0 Å². The van der Waals surface area contributed by atoms with Crippen molar-refractivity contribution in [3.8, 4) is 5.75 Å². The molecule has 0 unspecified atom stereocenters. The summed E-state index contributed by atoms with van der Waals surface area (Å²) in [7, 11) is 0. The normalized spacial score (nSPS) is 19.5. The molecule has 172 valence electrons. The quantitative estimate of drug-likeness (QED) is 0.496. The van der Waals surface area contributed by atoms with E-state index >= 15 is 4.39 Å². The fraction of sp³-hybridized carbons (Fsp3) is 0.364. The topological polar surface area (TPSA) is 136 Å². The first kappa shape index (κ1) is 21.0. The minimum absolute atomic E-state index is 0.0283. The number of aromatic carboxylic acids is 1. The van der Waals surface area contributed by atoms with Gasteiger partial charge in [0, 0.05) is 37.7 Å². The number of hydrogen-bond acceptors (Lipinski definition) is 8. The van der Waals surface area contributed by atoms with E-state index in [2.05, 4.69) is 15.3 Å². The number of nitrogens with two attached hydrogens (primary N) is 1. The predicted molar refractivity (Wildman–Crippen MR) is 121 cm³/mol. The highest BCUT2D eigenvalue weighted by Gasteiger charge is 2.35. The summed E-state index contributed by atoms with van der Waals surface area (Å²) in [5.74, 6) is -1.46. The Bertz CT molecular complexity index is 1310. The number of nitrogens with zero attached hydrogens (tertiary/aromatic N) is 4. The number of carbonyl (C=O) groups is 1. The molecular formula is C22H23FN6O4. The Morgan fingerprint density at radius 2 is 2.15 bits per heavy atom. The summed E-state index contributed by atoms with van der Waals surface area (Å²) in [5.41, 5.74) is 5.01. The summed E-state index contributed by atoms with van der Waals surface area (Å²) in [6.45, 7) is 3.13.